The molecule has 1 aliphatic rings. The molecule has 0 saturated heterocycles. The third-order valence-electron chi connectivity index (χ3n) is 6.14. The molecular formula is C28H22F3N5O2. The fourth-order valence-corrected chi connectivity index (χ4v) is 3.94. The summed E-state index contributed by atoms with van der Waals surface area (Å²) in [6, 6.07) is 16.5. The smallest absolute Gasteiger partial charge is 0.322 e. The molecule has 0 radical (unpaired) electrons. The van der Waals surface area contributed by atoms with Gasteiger partial charge in [0.2, 0.25) is 5.91 Å². The number of halogens is 3. The zero-order valence-electron chi connectivity index (χ0n) is 20.2. The molecule has 2 heterocycles. The topological polar surface area (TPSA) is 96.9 Å². The number of pyridine rings is 1. The first-order chi connectivity index (χ1) is 18.2. The van der Waals surface area contributed by atoms with E-state index in [1.165, 1.54) is 12.4 Å². The van der Waals surface area contributed by atoms with Crippen LogP contribution in [-0.2, 0) is 11.0 Å². The first kappa shape index (κ1) is 25.1. The van der Waals surface area contributed by atoms with Gasteiger partial charge < -0.3 is 10.6 Å². The molecule has 0 unspecified atom stereocenters. The summed E-state index contributed by atoms with van der Waals surface area (Å²) in [5.74, 6) is -0.233. The van der Waals surface area contributed by atoms with Crippen molar-refractivity contribution in [3.8, 4) is 22.4 Å². The molecular weight excluding hydrogens is 495 g/mol. The Kier molecular flexibility index (Phi) is 6.62. The molecule has 5 rings (SSSR count). The number of carbonyl (C=O) groups is 2. The van der Waals surface area contributed by atoms with Crippen LogP contribution in [0.5, 0.6) is 0 Å². The Balaban J connectivity index is 1.38. The van der Waals surface area contributed by atoms with Crippen molar-refractivity contribution in [2.75, 3.05) is 10.6 Å². The molecule has 0 spiro atoms. The lowest BCUT2D eigenvalue weighted by molar-refractivity contribution is -0.141. The molecule has 2 N–H and O–H groups in total. The monoisotopic (exact) mass is 517 g/mol. The quantitative estimate of drug-likeness (QED) is 0.321. The minimum atomic E-state index is -4.65. The normalized spacial score (nSPS) is 13.2. The first-order valence-corrected chi connectivity index (χ1v) is 11.9. The summed E-state index contributed by atoms with van der Waals surface area (Å²) in [7, 11) is 0. The minimum Gasteiger partial charge on any atom is -0.322 e. The summed E-state index contributed by atoms with van der Waals surface area (Å²) in [4.78, 5) is 36.6. The standard InChI is InChI=1S/C28H22F3N5O2/c1-16-5-8-21(35-27(38)20-9-10-32-24(12-20)28(29,30)31)13-22(16)18-3-2-4-19(11-18)23-14-25(34-15-33-23)36-26(37)17-6-7-17/h2-5,8-15,17H,6-7H2,1H3,(H,35,38)(H,33,34,36,37). The van der Waals surface area contributed by atoms with E-state index < -0.39 is 17.8 Å². The molecule has 192 valence electrons. The van der Waals surface area contributed by atoms with E-state index in [2.05, 4.69) is 25.6 Å². The third kappa shape index (κ3) is 5.69. The van der Waals surface area contributed by atoms with Crippen LogP contribution in [0.25, 0.3) is 22.4 Å². The van der Waals surface area contributed by atoms with Gasteiger partial charge in [0.1, 0.15) is 17.8 Å². The van der Waals surface area contributed by atoms with Gasteiger partial charge in [-0.1, -0.05) is 24.3 Å². The Labute approximate surface area is 216 Å². The lowest BCUT2D eigenvalue weighted by Gasteiger charge is -2.13. The van der Waals surface area contributed by atoms with Crippen LogP contribution in [0.3, 0.4) is 0 Å². The number of anilines is 2. The van der Waals surface area contributed by atoms with Gasteiger partial charge in [-0.15, -0.1) is 0 Å². The highest BCUT2D eigenvalue weighted by atomic mass is 19.4. The molecule has 1 saturated carbocycles. The minimum absolute atomic E-state index is 0.0423. The second-order valence-corrected chi connectivity index (χ2v) is 9.04. The van der Waals surface area contributed by atoms with Crippen LogP contribution in [-0.4, -0.2) is 26.8 Å². The molecule has 1 aliphatic carbocycles. The van der Waals surface area contributed by atoms with E-state index in [-0.39, 0.29) is 17.4 Å². The molecule has 2 aromatic carbocycles. The van der Waals surface area contributed by atoms with Crippen molar-refractivity contribution in [3.63, 3.8) is 0 Å². The Morgan fingerprint density at radius 2 is 1.68 bits per heavy atom. The molecule has 38 heavy (non-hydrogen) atoms. The highest BCUT2D eigenvalue weighted by Crippen LogP contribution is 2.32. The van der Waals surface area contributed by atoms with Gasteiger partial charge in [0.25, 0.3) is 5.91 Å². The summed E-state index contributed by atoms with van der Waals surface area (Å²) >= 11 is 0. The summed E-state index contributed by atoms with van der Waals surface area (Å²) in [6.07, 6.45) is -0.510. The maximum absolute atomic E-state index is 13.0. The summed E-state index contributed by atoms with van der Waals surface area (Å²) in [6.45, 7) is 1.92. The fraction of sp³-hybridized carbons (Fsp3) is 0.179. The van der Waals surface area contributed by atoms with Crippen LogP contribution in [0.15, 0.2) is 73.2 Å². The Bertz CT molecular complexity index is 1530. The molecule has 2 aromatic heterocycles. The number of aryl methyl sites for hydroxylation is 1. The maximum atomic E-state index is 13.0. The molecule has 0 atom stereocenters. The van der Waals surface area contributed by atoms with Crippen LogP contribution < -0.4 is 10.6 Å². The highest BCUT2D eigenvalue weighted by Gasteiger charge is 2.33. The maximum Gasteiger partial charge on any atom is 0.433 e. The van der Waals surface area contributed by atoms with Crippen molar-refractivity contribution in [2.45, 2.75) is 25.9 Å². The predicted molar refractivity (Wildman–Crippen MR) is 136 cm³/mol. The van der Waals surface area contributed by atoms with Crippen LogP contribution in [0.1, 0.15) is 34.5 Å². The van der Waals surface area contributed by atoms with Crippen molar-refractivity contribution in [3.05, 3.63) is 90.0 Å². The van der Waals surface area contributed by atoms with Crippen molar-refractivity contribution >= 4 is 23.3 Å². The van der Waals surface area contributed by atoms with Crippen LogP contribution in [0.4, 0.5) is 24.7 Å². The van der Waals surface area contributed by atoms with Crippen molar-refractivity contribution in [1.82, 2.24) is 15.0 Å². The van der Waals surface area contributed by atoms with E-state index in [9.17, 15) is 22.8 Å². The number of carbonyl (C=O) groups excluding carboxylic acids is 2. The molecule has 0 bridgehead atoms. The van der Waals surface area contributed by atoms with E-state index in [1.54, 1.807) is 18.2 Å². The molecule has 4 aromatic rings. The SMILES string of the molecule is Cc1ccc(NC(=O)c2ccnc(C(F)(F)F)c2)cc1-c1cccc(-c2cc(NC(=O)C3CC3)ncn2)c1. The highest BCUT2D eigenvalue weighted by molar-refractivity contribution is 6.04. The van der Waals surface area contributed by atoms with Crippen LogP contribution >= 0.6 is 0 Å². The Hall–Kier alpha value is -4.60. The van der Waals surface area contributed by atoms with Crippen molar-refractivity contribution in [2.24, 2.45) is 5.92 Å². The molecule has 1 fully saturated rings. The summed E-state index contributed by atoms with van der Waals surface area (Å²) < 4.78 is 39.0. The second-order valence-electron chi connectivity index (χ2n) is 9.04. The fourth-order valence-electron chi connectivity index (χ4n) is 3.94. The number of amides is 2. The van der Waals surface area contributed by atoms with Gasteiger partial charge >= 0.3 is 6.18 Å². The number of rotatable bonds is 6. The largest absolute Gasteiger partial charge is 0.433 e. The van der Waals surface area contributed by atoms with Gasteiger partial charge in [0.05, 0.1) is 5.69 Å². The van der Waals surface area contributed by atoms with Gasteiger partial charge in [-0.05, 0) is 66.8 Å². The van der Waals surface area contributed by atoms with Gasteiger partial charge in [-0.2, -0.15) is 13.2 Å². The van der Waals surface area contributed by atoms with Crippen LogP contribution in [0.2, 0.25) is 0 Å². The van der Waals surface area contributed by atoms with Gasteiger partial charge in [-0.25, -0.2) is 9.97 Å². The van der Waals surface area contributed by atoms with Gasteiger partial charge in [-0.3, -0.25) is 14.6 Å². The molecule has 7 nitrogen and oxygen atoms in total. The average molecular weight is 518 g/mol. The van der Waals surface area contributed by atoms with E-state index in [0.717, 1.165) is 47.4 Å². The van der Waals surface area contributed by atoms with Gasteiger partial charge in [0.15, 0.2) is 0 Å². The average Bonchev–Trinajstić information content (AvgIpc) is 3.75. The molecule has 0 aliphatic heterocycles. The third-order valence-corrected chi connectivity index (χ3v) is 6.14. The predicted octanol–water partition coefficient (Wildman–Crippen LogP) is 6.13. The zero-order valence-corrected chi connectivity index (χ0v) is 20.2. The van der Waals surface area contributed by atoms with Crippen LogP contribution in [0, 0.1) is 12.8 Å². The number of hydrogen-bond donors (Lipinski definition) is 2. The second kappa shape index (κ2) is 10.0. The van der Waals surface area contributed by atoms with Crippen molar-refractivity contribution < 1.29 is 22.8 Å². The number of nitrogens with one attached hydrogen (secondary N) is 2. The summed E-state index contributed by atoms with van der Waals surface area (Å²) in [5, 5.41) is 5.49. The number of benzene rings is 2. The number of aromatic nitrogens is 3. The number of alkyl halides is 3. The summed E-state index contributed by atoms with van der Waals surface area (Å²) in [5.41, 5.74) is 3.19. The Morgan fingerprint density at radius 3 is 2.45 bits per heavy atom. The van der Waals surface area contributed by atoms with E-state index in [4.69, 9.17) is 0 Å². The lowest BCUT2D eigenvalue weighted by atomic mass is 9.97. The van der Waals surface area contributed by atoms with Crippen molar-refractivity contribution in [1.29, 1.82) is 0 Å². The Morgan fingerprint density at radius 1 is 0.895 bits per heavy atom. The van der Waals surface area contributed by atoms with E-state index in [0.29, 0.717) is 17.2 Å². The van der Waals surface area contributed by atoms with E-state index in [1.807, 2.05) is 37.3 Å². The zero-order chi connectivity index (χ0) is 26.9. The molecule has 10 heteroatoms. The molecule has 2 amide bonds. The van der Waals surface area contributed by atoms with E-state index >= 15 is 0 Å². The number of nitrogens with zero attached hydrogens (tertiary/aromatic N) is 3. The lowest BCUT2D eigenvalue weighted by Crippen LogP contribution is -2.15. The number of hydrogen-bond acceptors (Lipinski definition) is 5. The van der Waals surface area contributed by atoms with Gasteiger partial charge in [0, 0.05) is 35.0 Å². The first-order valence-electron chi connectivity index (χ1n) is 11.9.